The Hall–Kier alpha value is -0.560. The van der Waals surface area contributed by atoms with Gasteiger partial charge >= 0.3 is 0 Å². The predicted octanol–water partition coefficient (Wildman–Crippen LogP) is 1.83. The Kier molecular flexibility index (Phi) is 6.85. The van der Waals surface area contributed by atoms with Crippen molar-refractivity contribution in [2.45, 2.75) is 30.0 Å². The number of hydrogen-bond acceptors (Lipinski definition) is 4. The highest BCUT2D eigenvalue weighted by Crippen LogP contribution is 2.12. The summed E-state index contributed by atoms with van der Waals surface area (Å²) >= 11 is 1.74. The number of nitrogens with one attached hydrogen (secondary N) is 2. The molecular weight excluding hydrogens is 280 g/mol. The molecule has 0 aliphatic carbocycles. The van der Waals surface area contributed by atoms with Crippen LogP contribution in [0.15, 0.2) is 29.2 Å². The molecule has 0 bridgehead atoms. The highest BCUT2D eigenvalue weighted by atomic mass is 32.2. The third-order valence-electron chi connectivity index (χ3n) is 2.86. The second kappa shape index (κ2) is 7.89. The van der Waals surface area contributed by atoms with Gasteiger partial charge in [0.15, 0.2) is 0 Å². The minimum atomic E-state index is -3.38. The van der Waals surface area contributed by atoms with E-state index in [1.165, 1.54) is 0 Å². The normalized spacial score (nSPS) is 13.4. The average molecular weight is 302 g/mol. The molecule has 0 aliphatic heterocycles. The van der Waals surface area contributed by atoms with Gasteiger partial charge in [0.25, 0.3) is 0 Å². The fourth-order valence-corrected chi connectivity index (χ4v) is 2.99. The summed E-state index contributed by atoms with van der Waals surface area (Å²) in [6, 6.07) is 6.95. The highest BCUT2D eigenvalue weighted by Gasteiger charge is 2.13. The molecule has 4 nitrogen and oxygen atoms in total. The van der Waals surface area contributed by atoms with Gasteiger partial charge in [0, 0.05) is 18.3 Å². The Bertz CT molecular complexity index is 472. The molecule has 1 rings (SSSR count). The molecule has 6 heteroatoms. The predicted molar refractivity (Wildman–Crippen MR) is 82.0 cm³/mol. The first-order valence-corrected chi connectivity index (χ1v) is 9.02. The monoisotopic (exact) mass is 302 g/mol. The SMILES string of the molecule is CNCc1ccc(S(=O)(=O)NCCC(C)SC)cc1. The zero-order valence-corrected chi connectivity index (χ0v) is 13.3. The van der Waals surface area contributed by atoms with E-state index < -0.39 is 10.0 Å². The van der Waals surface area contributed by atoms with E-state index in [1.54, 1.807) is 23.9 Å². The fraction of sp³-hybridized carbons (Fsp3) is 0.538. The summed E-state index contributed by atoms with van der Waals surface area (Å²) in [5, 5.41) is 3.49. The lowest BCUT2D eigenvalue weighted by Crippen LogP contribution is -2.26. The topological polar surface area (TPSA) is 58.2 Å². The van der Waals surface area contributed by atoms with Crippen molar-refractivity contribution in [3.63, 3.8) is 0 Å². The van der Waals surface area contributed by atoms with Crippen LogP contribution in [-0.4, -0.2) is 33.5 Å². The molecule has 0 heterocycles. The van der Waals surface area contributed by atoms with Crippen LogP contribution in [0.1, 0.15) is 18.9 Å². The van der Waals surface area contributed by atoms with Gasteiger partial charge in [-0.2, -0.15) is 11.8 Å². The van der Waals surface area contributed by atoms with Crippen molar-refractivity contribution in [1.82, 2.24) is 10.0 Å². The summed E-state index contributed by atoms with van der Waals surface area (Å²) < 4.78 is 26.7. The molecule has 1 atom stereocenters. The van der Waals surface area contributed by atoms with Crippen molar-refractivity contribution in [2.75, 3.05) is 19.8 Å². The molecule has 19 heavy (non-hydrogen) atoms. The molecule has 0 radical (unpaired) electrons. The minimum absolute atomic E-state index is 0.323. The maximum atomic E-state index is 12.0. The van der Waals surface area contributed by atoms with Crippen molar-refractivity contribution in [2.24, 2.45) is 0 Å². The molecule has 0 amide bonds. The largest absolute Gasteiger partial charge is 0.316 e. The van der Waals surface area contributed by atoms with E-state index in [0.29, 0.717) is 16.7 Å². The third-order valence-corrected chi connectivity index (χ3v) is 5.38. The Balaban J connectivity index is 2.61. The van der Waals surface area contributed by atoms with E-state index in [0.717, 1.165) is 18.5 Å². The summed E-state index contributed by atoms with van der Waals surface area (Å²) in [5.41, 5.74) is 1.07. The highest BCUT2D eigenvalue weighted by molar-refractivity contribution is 7.99. The second-order valence-electron chi connectivity index (χ2n) is 4.41. The van der Waals surface area contributed by atoms with Crippen LogP contribution in [0.5, 0.6) is 0 Å². The average Bonchev–Trinajstić information content (AvgIpc) is 2.39. The lowest BCUT2D eigenvalue weighted by atomic mass is 10.2. The molecule has 2 N–H and O–H groups in total. The maximum absolute atomic E-state index is 12.0. The summed E-state index contributed by atoms with van der Waals surface area (Å²) in [7, 11) is -1.52. The second-order valence-corrected chi connectivity index (χ2v) is 7.45. The molecule has 108 valence electrons. The summed E-state index contributed by atoms with van der Waals surface area (Å²) in [6.07, 6.45) is 2.86. The van der Waals surface area contributed by atoms with Crippen LogP contribution in [-0.2, 0) is 16.6 Å². The van der Waals surface area contributed by atoms with Crippen molar-refractivity contribution in [3.05, 3.63) is 29.8 Å². The van der Waals surface area contributed by atoms with Gasteiger partial charge in [0.05, 0.1) is 4.90 Å². The number of rotatable bonds is 8. The molecule has 1 aromatic carbocycles. The first-order valence-electron chi connectivity index (χ1n) is 6.25. The van der Waals surface area contributed by atoms with Gasteiger partial charge in [-0.05, 0) is 37.4 Å². The number of sulfonamides is 1. The van der Waals surface area contributed by atoms with E-state index >= 15 is 0 Å². The summed E-state index contributed by atoms with van der Waals surface area (Å²) in [4.78, 5) is 0.323. The number of hydrogen-bond donors (Lipinski definition) is 2. The Morgan fingerprint density at radius 2 is 1.89 bits per heavy atom. The van der Waals surface area contributed by atoms with E-state index in [-0.39, 0.29) is 0 Å². The van der Waals surface area contributed by atoms with Gasteiger partial charge in [-0.1, -0.05) is 19.1 Å². The first-order chi connectivity index (χ1) is 8.99. The van der Waals surface area contributed by atoms with Crippen LogP contribution >= 0.6 is 11.8 Å². The first kappa shape index (κ1) is 16.5. The Morgan fingerprint density at radius 3 is 2.42 bits per heavy atom. The number of benzene rings is 1. The third kappa shape index (κ3) is 5.52. The maximum Gasteiger partial charge on any atom is 0.240 e. The van der Waals surface area contributed by atoms with Crippen molar-refractivity contribution in [3.8, 4) is 0 Å². The van der Waals surface area contributed by atoms with Crippen molar-refractivity contribution >= 4 is 21.8 Å². The Morgan fingerprint density at radius 1 is 1.26 bits per heavy atom. The molecule has 0 aromatic heterocycles. The van der Waals surface area contributed by atoms with E-state index in [2.05, 4.69) is 17.0 Å². The van der Waals surface area contributed by atoms with Crippen LogP contribution in [0.3, 0.4) is 0 Å². The number of thioether (sulfide) groups is 1. The van der Waals surface area contributed by atoms with Gasteiger partial charge in [-0.15, -0.1) is 0 Å². The smallest absolute Gasteiger partial charge is 0.240 e. The lowest BCUT2D eigenvalue weighted by molar-refractivity contribution is 0.579. The molecule has 0 aliphatic rings. The van der Waals surface area contributed by atoms with Crippen LogP contribution in [0.25, 0.3) is 0 Å². The quantitative estimate of drug-likeness (QED) is 0.769. The van der Waals surface area contributed by atoms with Crippen LogP contribution < -0.4 is 10.0 Å². The van der Waals surface area contributed by atoms with Gasteiger partial charge in [0.1, 0.15) is 0 Å². The van der Waals surface area contributed by atoms with E-state index in [9.17, 15) is 8.42 Å². The fourth-order valence-electron chi connectivity index (χ4n) is 1.59. The van der Waals surface area contributed by atoms with E-state index in [4.69, 9.17) is 0 Å². The van der Waals surface area contributed by atoms with E-state index in [1.807, 2.05) is 25.4 Å². The van der Waals surface area contributed by atoms with Crippen molar-refractivity contribution in [1.29, 1.82) is 0 Å². The summed E-state index contributed by atoms with van der Waals surface area (Å²) in [6.45, 7) is 3.30. The van der Waals surface area contributed by atoms with Gasteiger partial charge in [-0.3, -0.25) is 0 Å². The molecule has 1 aromatic rings. The van der Waals surface area contributed by atoms with Gasteiger partial charge < -0.3 is 5.32 Å². The Labute approximate surface area is 120 Å². The zero-order valence-electron chi connectivity index (χ0n) is 11.6. The lowest BCUT2D eigenvalue weighted by Gasteiger charge is -2.10. The molecule has 0 fully saturated rings. The van der Waals surface area contributed by atoms with Gasteiger partial charge in [-0.25, -0.2) is 13.1 Å². The van der Waals surface area contributed by atoms with Crippen LogP contribution in [0, 0.1) is 0 Å². The zero-order chi connectivity index (χ0) is 14.3. The van der Waals surface area contributed by atoms with Crippen LogP contribution in [0.4, 0.5) is 0 Å². The molecule has 1 unspecified atom stereocenters. The molecular formula is C13H22N2O2S2. The summed E-state index contributed by atoms with van der Waals surface area (Å²) in [5.74, 6) is 0. The minimum Gasteiger partial charge on any atom is -0.316 e. The van der Waals surface area contributed by atoms with Crippen LogP contribution in [0.2, 0.25) is 0 Å². The molecule has 0 saturated carbocycles. The van der Waals surface area contributed by atoms with Gasteiger partial charge in [0.2, 0.25) is 10.0 Å². The van der Waals surface area contributed by atoms with Crippen molar-refractivity contribution < 1.29 is 8.42 Å². The molecule has 0 saturated heterocycles. The standard InChI is InChI=1S/C13H22N2O2S2/c1-11(18-3)8-9-15-19(16,17)13-6-4-12(5-7-13)10-14-2/h4-7,11,14-15H,8-10H2,1-3H3. The molecule has 0 spiro atoms.